The zero-order valence-electron chi connectivity index (χ0n) is 11.6. The maximum Gasteiger partial charge on any atom is 0.169 e. The second-order valence-electron chi connectivity index (χ2n) is 4.60. The number of hydrogen-bond donors (Lipinski definition) is 2. The van der Waals surface area contributed by atoms with E-state index in [0.29, 0.717) is 18.7 Å². The van der Waals surface area contributed by atoms with Gasteiger partial charge in [-0.3, -0.25) is 0 Å². The standard InChI is InChI=1S/C16H17BrFNO2/c1-21-15-8-4-5-11(16(15)18)9-19-10-14(20)12-6-2-3-7-13(12)17/h2-8,14,19-20H,9-10H2,1H3. The normalized spacial score (nSPS) is 12.2. The Kier molecular flexibility index (Phi) is 5.73. The highest BCUT2D eigenvalue weighted by molar-refractivity contribution is 9.10. The predicted octanol–water partition coefficient (Wildman–Crippen LogP) is 3.42. The molecule has 0 radical (unpaired) electrons. The first-order valence-corrected chi connectivity index (χ1v) is 7.37. The maximum absolute atomic E-state index is 13.9. The summed E-state index contributed by atoms with van der Waals surface area (Å²) in [6, 6.07) is 12.5. The number of halogens is 2. The molecule has 112 valence electrons. The molecule has 0 fully saturated rings. The van der Waals surface area contributed by atoms with Gasteiger partial charge in [-0.05, 0) is 17.7 Å². The highest BCUT2D eigenvalue weighted by Gasteiger charge is 2.12. The zero-order valence-corrected chi connectivity index (χ0v) is 13.2. The minimum Gasteiger partial charge on any atom is -0.494 e. The second-order valence-corrected chi connectivity index (χ2v) is 5.46. The second kappa shape index (κ2) is 7.54. The van der Waals surface area contributed by atoms with Crippen LogP contribution in [0.3, 0.4) is 0 Å². The van der Waals surface area contributed by atoms with Gasteiger partial charge in [0, 0.05) is 23.1 Å². The zero-order chi connectivity index (χ0) is 15.2. The van der Waals surface area contributed by atoms with Crippen molar-refractivity contribution in [2.45, 2.75) is 12.6 Å². The summed E-state index contributed by atoms with van der Waals surface area (Å²) < 4.78 is 19.7. The molecule has 3 nitrogen and oxygen atoms in total. The van der Waals surface area contributed by atoms with Crippen molar-refractivity contribution in [2.24, 2.45) is 0 Å². The average Bonchev–Trinajstić information content (AvgIpc) is 2.49. The number of nitrogens with one attached hydrogen (secondary N) is 1. The van der Waals surface area contributed by atoms with Crippen molar-refractivity contribution in [1.82, 2.24) is 5.32 Å². The van der Waals surface area contributed by atoms with Crippen LogP contribution < -0.4 is 10.1 Å². The lowest BCUT2D eigenvalue weighted by Gasteiger charge is -2.14. The van der Waals surface area contributed by atoms with E-state index in [4.69, 9.17) is 4.74 Å². The molecule has 0 saturated heterocycles. The molecule has 2 aromatic rings. The highest BCUT2D eigenvalue weighted by Crippen LogP contribution is 2.23. The fraction of sp³-hybridized carbons (Fsp3) is 0.250. The van der Waals surface area contributed by atoms with E-state index in [2.05, 4.69) is 21.2 Å². The summed E-state index contributed by atoms with van der Waals surface area (Å²) in [5.74, 6) is -0.150. The van der Waals surface area contributed by atoms with Gasteiger partial charge in [0.2, 0.25) is 0 Å². The van der Waals surface area contributed by atoms with Gasteiger partial charge in [0.1, 0.15) is 0 Å². The van der Waals surface area contributed by atoms with E-state index in [1.165, 1.54) is 7.11 Å². The van der Waals surface area contributed by atoms with Gasteiger partial charge in [-0.25, -0.2) is 4.39 Å². The number of benzene rings is 2. The topological polar surface area (TPSA) is 41.5 Å². The largest absolute Gasteiger partial charge is 0.494 e. The monoisotopic (exact) mass is 353 g/mol. The molecule has 0 aliphatic carbocycles. The van der Waals surface area contributed by atoms with Crippen LogP contribution in [0.1, 0.15) is 17.2 Å². The van der Waals surface area contributed by atoms with Gasteiger partial charge in [0.15, 0.2) is 11.6 Å². The van der Waals surface area contributed by atoms with Crippen LogP contribution in [0, 0.1) is 5.82 Å². The van der Waals surface area contributed by atoms with Gasteiger partial charge in [-0.2, -0.15) is 0 Å². The number of ether oxygens (including phenoxy) is 1. The molecule has 0 aliphatic heterocycles. The first-order valence-electron chi connectivity index (χ1n) is 6.58. The summed E-state index contributed by atoms with van der Waals surface area (Å²) in [5.41, 5.74) is 1.31. The summed E-state index contributed by atoms with van der Waals surface area (Å²) in [6.07, 6.45) is -0.658. The van der Waals surface area contributed by atoms with Crippen molar-refractivity contribution in [2.75, 3.05) is 13.7 Å². The third kappa shape index (κ3) is 4.03. The molecular formula is C16H17BrFNO2. The van der Waals surface area contributed by atoms with Gasteiger partial charge < -0.3 is 15.2 Å². The molecular weight excluding hydrogens is 337 g/mol. The Labute approximate surface area is 131 Å². The molecule has 0 aliphatic rings. The number of aliphatic hydroxyl groups excluding tert-OH is 1. The summed E-state index contributed by atoms with van der Waals surface area (Å²) in [5, 5.41) is 13.2. The molecule has 0 spiro atoms. The average molecular weight is 354 g/mol. The maximum atomic E-state index is 13.9. The van der Waals surface area contributed by atoms with Crippen LogP contribution in [0.2, 0.25) is 0 Å². The van der Waals surface area contributed by atoms with E-state index in [-0.39, 0.29) is 11.6 Å². The van der Waals surface area contributed by atoms with Crippen LogP contribution in [-0.4, -0.2) is 18.8 Å². The Morgan fingerprint density at radius 1 is 1.24 bits per heavy atom. The lowest BCUT2D eigenvalue weighted by molar-refractivity contribution is 0.173. The molecule has 0 aromatic heterocycles. The molecule has 0 saturated carbocycles. The van der Waals surface area contributed by atoms with Crippen molar-refractivity contribution < 1.29 is 14.2 Å². The van der Waals surface area contributed by atoms with Crippen molar-refractivity contribution in [3.63, 3.8) is 0 Å². The molecule has 5 heteroatoms. The Morgan fingerprint density at radius 3 is 2.71 bits per heavy atom. The van der Waals surface area contributed by atoms with Gasteiger partial charge in [0.25, 0.3) is 0 Å². The van der Waals surface area contributed by atoms with E-state index >= 15 is 0 Å². The number of methoxy groups -OCH3 is 1. The molecule has 1 unspecified atom stereocenters. The van der Waals surface area contributed by atoms with Crippen LogP contribution in [0.5, 0.6) is 5.75 Å². The molecule has 2 N–H and O–H groups in total. The lowest BCUT2D eigenvalue weighted by atomic mass is 10.1. The first-order chi connectivity index (χ1) is 10.1. The SMILES string of the molecule is COc1cccc(CNCC(O)c2ccccc2Br)c1F. The fourth-order valence-electron chi connectivity index (χ4n) is 2.05. The Hall–Kier alpha value is -1.43. The molecule has 2 rings (SSSR count). The Bertz CT molecular complexity index is 607. The van der Waals surface area contributed by atoms with Gasteiger partial charge >= 0.3 is 0 Å². The quantitative estimate of drug-likeness (QED) is 0.835. The van der Waals surface area contributed by atoms with E-state index < -0.39 is 6.10 Å². The minimum atomic E-state index is -0.658. The third-order valence-electron chi connectivity index (χ3n) is 3.18. The summed E-state index contributed by atoms with van der Waals surface area (Å²) in [6.45, 7) is 0.657. The smallest absolute Gasteiger partial charge is 0.169 e. The van der Waals surface area contributed by atoms with Gasteiger partial charge in [-0.1, -0.05) is 46.3 Å². The van der Waals surface area contributed by atoms with Crippen LogP contribution in [0.25, 0.3) is 0 Å². The van der Waals surface area contributed by atoms with Gasteiger partial charge in [-0.15, -0.1) is 0 Å². The van der Waals surface area contributed by atoms with Gasteiger partial charge in [0.05, 0.1) is 13.2 Å². The van der Waals surface area contributed by atoms with E-state index in [0.717, 1.165) is 10.0 Å². The predicted molar refractivity (Wildman–Crippen MR) is 83.8 cm³/mol. The van der Waals surface area contributed by atoms with Crippen LogP contribution in [-0.2, 0) is 6.54 Å². The van der Waals surface area contributed by atoms with E-state index in [1.54, 1.807) is 18.2 Å². The van der Waals surface area contributed by atoms with E-state index in [9.17, 15) is 9.50 Å². The highest BCUT2D eigenvalue weighted by atomic mass is 79.9. The number of aliphatic hydroxyl groups is 1. The molecule has 0 bridgehead atoms. The van der Waals surface area contributed by atoms with Crippen molar-refractivity contribution in [1.29, 1.82) is 0 Å². The third-order valence-corrected chi connectivity index (χ3v) is 3.90. The lowest BCUT2D eigenvalue weighted by Crippen LogP contribution is -2.22. The fourth-order valence-corrected chi connectivity index (χ4v) is 2.60. The van der Waals surface area contributed by atoms with Crippen molar-refractivity contribution in [3.05, 3.63) is 63.9 Å². The van der Waals surface area contributed by atoms with E-state index in [1.807, 2.05) is 24.3 Å². The molecule has 0 heterocycles. The first kappa shape index (κ1) is 15.9. The Morgan fingerprint density at radius 2 is 2.00 bits per heavy atom. The molecule has 2 aromatic carbocycles. The summed E-state index contributed by atoms with van der Waals surface area (Å²) >= 11 is 3.40. The summed E-state index contributed by atoms with van der Waals surface area (Å²) in [7, 11) is 1.44. The van der Waals surface area contributed by atoms with Crippen molar-refractivity contribution >= 4 is 15.9 Å². The Balaban J connectivity index is 1.94. The number of hydrogen-bond acceptors (Lipinski definition) is 3. The van der Waals surface area contributed by atoms with Crippen LogP contribution in [0.15, 0.2) is 46.9 Å². The molecule has 0 amide bonds. The van der Waals surface area contributed by atoms with Crippen LogP contribution in [0.4, 0.5) is 4.39 Å². The molecule has 1 atom stereocenters. The van der Waals surface area contributed by atoms with Crippen LogP contribution >= 0.6 is 15.9 Å². The van der Waals surface area contributed by atoms with Crippen molar-refractivity contribution in [3.8, 4) is 5.75 Å². The number of rotatable bonds is 6. The summed E-state index contributed by atoms with van der Waals surface area (Å²) in [4.78, 5) is 0. The molecule has 21 heavy (non-hydrogen) atoms. The minimum absolute atomic E-state index is 0.223.